The number of rotatable bonds is 2. The SMILES string of the molecule is CC(C)C1=C(C(C)C)[C@]2(C)Cc3ccccc3[C@]2(C)C1. The Morgan fingerprint density at radius 1 is 0.850 bits per heavy atom. The molecule has 0 spiro atoms. The predicted octanol–water partition coefficient (Wildman–Crippen LogP) is 5.52. The van der Waals surface area contributed by atoms with Gasteiger partial charge in [0.2, 0.25) is 0 Å². The number of benzene rings is 1. The molecule has 0 N–H and O–H groups in total. The van der Waals surface area contributed by atoms with Crippen molar-refractivity contribution in [3.8, 4) is 0 Å². The molecule has 1 aromatic carbocycles. The van der Waals surface area contributed by atoms with Crippen LogP contribution in [0.4, 0.5) is 0 Å². The quantitative estimate of drug-likeness (QED) is 0.620. The van der Waals surface area contributed by atoms with Gasteiger partial charge in [0, 0.05) is 10.8 Å². The van der Waals surface area contributed by atoms with E-state index in [1.807, 2.05) is 0 Å². The standard InChI is InChI=1S/C20H28/c1-13(2)16-12-19(5)17-10-8-7-9-15(17)11-20(19,6)18(16)14(3)4/h7-10,13-14H,11-12H2,1-6H3/t19-,20-/m0/s1. The molecule has 0 amide bonds. The van der Waals surface area contributed by atoms with Crippen LogP contribution < -0.4 is 0 Å². The van der Waals surface area contributed by atoms with Gasteiger partial charge in [-0.1, -0.05) is 77.0 Å². The van der Waals surface area contributed by atoms with Gasteiger partial charge in [-0.15, -0.1) is 0 Å². The van der Waals surface area contributed by atoms with E-state index in [0.717, 1.165) is 0 Å². The van der Waals surface area contributed by atoms with E-state index in [1.165, 1.54) is 12.8 Å². The van der Waals surface area contributed by atoms with Crippen LogP contribution in [0, 0.1) is 17.3 Å². The van der Waals surface area contributed by atoms with Gasteiger partial charge in [-0.25, -0.2) is 0 Å². The van der Waals surface area contributed by atoms with Crippen LogP contribution in [0.1, 0.15) is 59.1 Å². The van der Waals surface area contributed by atoms with Gasteiger partial charge in [0.25, 0.3) is 0 Å². The number of hydrogen-bond donors (Lipinski definition) is 0. The summed E-state index contributed by atoms with van der Waals surface area (Å²) in [5, 5.41) is 0. The smallest absolute Gasteiger partial charge is 0.00590 e. The highest BCUT2D eigenvalue weighted by Crippen LogP contribution is 2.65. The second-order valence-electron chi connectivity index (χ2n) is 7.92. The molecule has 0 aliphatic heterocycles. The average molecular weight is 268 g/mol. The molecule has 0 heteroatoms. The van der Waals surface area contributed by atoms with Crippen LogP contribution in [-0.4, -0.2) is 0 Å². The zero-order valence-corrected chi connectivity index (χ0v) is 13.9. The highest BCUT2D eigenvalue weighted by atomic mass is 14.6. The van der Waals surface area contributed by atoms with Crippen molar-refractivity contribution in [3.63, 3.8) is 0 Å². The Hall–Kier alpha value is -1.04. The minimum atomic E-state index is 0.308. The predicted molar refractivity (Wildman–Crippen MR) is 86.9 cm³/mol. The van der Waals surface area contributed by atoms with Crippen LogP contribution in [0.3, 0.4) is 0 Å². The zero-order valence-electron chi connectivity index (χ0n) is 13.9. The number of allylic oxidation sites excluding steroid dienone is 2. The molecule has 0 heterocycles. The largest absolute Gasteiger partial charge is 0.0667 e. The number of fused-ring (bicyclic) bond motifs is 3. The van der Waals surface area contributed by atoms with E-state index < -0.39 is 0 Å². The number of hydrogen-bond acceptors (Lipinski definition) is 0. The Labute approximate surface area is 124 Å². The van der Waals surface area contributed by atoms with Crippen LogP contribution in [0.5, 0.6) is 0 Å². The van der Waals surface area contributed by atoms with Gasteiger partial charge in [0.15, 0.2) is 0 Å². The maximum atomic E-state index is 2.53. The molecule has 0 nitrogen and oxygen atoms in total. The summed E-state index contributed by atoms with van der Waals surface area (Å²) in [4.78, 5) is 0. The van der Waals surface area contributed by atoms with Crippen LogP contribution in [0.25, 0.3) is 0 Å². The lowest BCUT2D eigenvalue weighted by Gasteiger charge is -2.39. The van der Waals surface area contributed by atoms with Crippen molar-refractivity contribution in [2.75, 3.05) is 0 Å². The molecule has 3 rings (SSSR count). The molecule has 0 bridgehead atoms. The highest BCUT2D eigenvalue weighted by molar-refractivity contribution is 5.53. The second kappa shape index (κ2) is 4.23. The fourth-order valence-electron chi connectivity index (χ4n) is 5.12. The van der Waals surface area contributed by atoms with Crippen LogP contribution in [0.15, 0.2) is 35.4 Å². The first-order valence-corrected chi connectivity index (χ1v) is 8.13. The summed E-state index contributed by atoms with van der Waals surface area (Å²) in [7, 11) is 0. The van der Waals surface area contributed by atoms with Gasteiger partial charge in [-0.05, 0) is 35.8 Å². The van der Waals surface area contributed by atoms with Crippen LogP contribution in [-0.2, 0) is 11.8 Å². The first kappa shape index (κ1) is 13.9. The van der Waals surface area contributed by atoms with Crippen molar-refractivity contribution in [1.29, 1.82) is 0 Å². The van der Waals surface area contributed by atoms with Crippen LogP contribution in [0.2, 0.25) is 0 Å². The van der Waals surface area contributed by atoms with E-state index in [-0.39, 0.29) is 0 Å². The summed E-state index contributed by atoms with van der Waals surface area (Å²) in [6, 6.07) is 9.14. The highest BCUT2D eigenvalue weighted by Gasteiger charge is 2.58. The molecule has 0 saturated carbocycles. The molecule has 2 atom stereocenters. The molecule has 108 valence electrons. The Morgan fingerprint density at radius 2 is 1.50 bits per heavy atom. The second-order valence-corrected chi connectivity index (χ2v) is 7.92. The van der Waals surface area contributed by atoms with E-state index in [0.29, 0.717) is 22.7 Å². The van der Waals surface area contributed by atoms with Gasteiger partial charge >= 0.3 is 0 Å². The van der Waals surface area contributed by atoms with Gasteiger partial charge in [0.1, 0.15) is 0 Å². The lowest BCUT2D eigenvalue weighted by Crippen LogP contribution is -2.36. The van der Waals surface area contributed by atoms with Crippen molar-refractivity contribution in [2.45, 2.75) is 59.8 Å². The normalized spacial score (nSPS) is 32.2. The summed E-state index contributed by atoms with van der Waals surface area (Å²) in [5.74, 6) is 1.34. The third-order valence-electron chi connectivity index (χ3n) is 6.13. The van der Waals surface area contributed by atoms with Crippen LogP contribution >= 0.6 is 0 Å². The summed E-state index contributed by atoms with van der Waals surface area (Å²) in [6.07, 6.45) is 2.48. The van der Waals surface area contributed by atoms with Crippen molar-refractivity contribution < 1.29 is 0 Å². The van der Waals surface area contributed by atoms with Crippen molar-refractivity contribution >= 4 is 0 Å². The van der Waals surface area contributed by atoms with Crippen molar-refractivity contribution in [3.05, 3.63) is 46.5 Å². The first-order chi connectivity index (χ1) is 9.31. The third-order valence-corrected chi connectivity index (χ3v) is 6.13. The fraction of sp³-hybridized carbons (Fsp3) is 0.600. The minimum Gasteiger partial charge on any atom is -0.0667 e. The summed E-state index contributed by atoms with van der Waals surface area (Å²) in [5.41, 5.74) is 7.31. The molecule has 20 heavy (non-hydrogen) atoms. The summed E-state index contributed by atoms with van der Waals surface area (Å²) >= 11 is 0. The van der Waals surface area contributed by atoms with Crippen molar-refractivity contribution in [2.24, 2.45) is 17.3 Å². The Bertz CT molecular complexity index is 575. The minimum absolute atomic E-state index is 0.308. The summed E-state index contributed by atoms with van der Waals surface area (Å²) in [6.45, 7) is 14.6. The lowest BCUT2D eigenvalue weighted by molar-refractivity contribution is 0.239. The van der Waals surface area contributed by atoms with Gasteiger partial charge in [0.05, 0.1) is 0 Å². The summed E-state index contributed by atoms with van der Waals surface area (Å²) < 4.78 is 0. The molecule has 1 aromatic rings. The Kier molecular flexibility index (Phi) is 2.94. The molecule has 0 fully saturated rings. The van der Waals surface area contributed by atoms with Gasteiger partial charge in [-0.3, -0.25) is 0 Å². The van der Waals surface area contributed by atoms with E-state index in [9.17, 15) is 0 Å². The Morgan fingerprint density at radius 3 is 2.10 bits per heavy atom. The Balaban J connectivity index is 2.20. The molecule has 2 aliphatic rings. The fourth-order valence-corrected chi connectivity index (χ4v) is 5.12. The zero-order chi connectivity index (χ0) is 14.7. The van der Waals surface area contributed by atoms with E-state index in [4.69, 9.17) is 0 Å². The molecule has 2 aliphatic carbocycles. The van der Waals surface area contributed by atoms with Crippen molar-refractivity contribution in [1.82, 2.24) is 0 Å². The molecule has 0 radical (unpaired) electrons. The van der Waals surface area contributed by atoms with E-state index >= 15 is 0 Å². The maximum absolute atomic E-state index is 2.53. The maximum Gasteiger partial charge on any atom is 0.00590 e. The van der Waals surface area contributed by atoms with Gasteiger partial charge < -0.3 is 0 Å². The molecule has 0 saturated heterocycles. The first-order valence-electron chi connectivity index (χ1n) is 8.13. The monoisotopic (exact) mass is 268 g/mol. The van der Waals surface area contributed by atoms with Gasteiger partial charge in [-0.2, -0.15) is 0 Å². The molecular weight excluding hydrogens is 240 g/mol. The molecule has 0 aromatic heterocycles. The third kappa shape index (κ3) is 1.54. The van der Waals surface area contributed by atoms with E-state index in [1.54, 1.807) is 22.3 Å². The molecule has 0 unspecified atom stereocenters. The lowest BCUT2D eigenvalue weighted by atomic mass is 9.64. The van der Waals surface area contributed by atoms with E-state index in [2.05, 4.69) is 65.8 Å². The molecular formula is C20H28. The average Bonchev–Trinajstić information content (AvgIpc) is 2.71. The topological polar surface area (TPSA) is 0 Å².